The van der Waals surface area contributed by atoms with Gasteiger partial charge in [-0.25, -0.2) is 15.0 Å². The zero-order valence-electron chi connectivity index (χ0n) is 26.0. The number of nitrogens with zero attached hydrogens (tertiary/aromatic N) is 4. The van der Waals surface area contributed by atoms with Crippen LogP contribution in [-0.2, 0) is 0 Å². The maximum Gasteiger partial charge on any atom is 0.164 e. The third kappa shape index (κ3) is 4.97. The molecule has 0 saturated heterocycles. The van der Waals surface area contributed by atoms with E-state index in [0.29, 0.717) is 17.5 Å². The third-order valence-electron chi connectivity index (χ3n) is 8.92. The first-order valence-corrected chi connectivity index (χ1v) is 16.1. The van der Waals surface area contributed by atoms with Gasteiger partial charge in [0.15, 0.2) is 17.5 Å². The molecular formula is C44H28N4. The van der Waals surface area contributed by atoms with Crippen molar-refractivity contribution in [1.82, 2.24) is 19.9 Å². The summed E-state index contributed by atoms with van der Waals surface area (Å²) in [6.07, 6.45) is 1.89. The Balaban J connectivity index is 1.35. The number of hydrogen-bond donors (Lipinski definition) is 0. The maximum absolute atomic E-state index is 5.10. The van der Waals surface area contributed by atoms with Gasteiger partial charge in [0.05, 0.1) is 5.69 Å². The summed E-state index contributed by atoms with van der Waals surface area (Å²) in [7, 11) is 0. The summed E-state index contributed by atoms with van der Waals surface area (Å²) >= 11 is 0. The Hall–Kier alpha value is -6.52. The van der Waals surface area contributed by atoms with Crippen molar-refractivity contribution >= 4 is 32.3 Å². The fourth-order valence-electron chi connectivity index (χ4n) is 6.63. The van der Waals surface area contributed by atoms with E-state index in [0.717, 1.165) is 49.8 Å². The highest BCUT2D eigenvalue weighted by Crippen LogP contribution is 2.39. The van der Waals surface area contributed by atoms with Gasteiger partial charge in [-0.2, -0.15) is 0 Å². The van der Waals surface area contributed by atoms with Crippen molar-refractivity contribution in [1.29, 1.82) is 0 Å². The van der Waals surface area contributed by atoms with E-state index in [4.69, 9.17) is 19.9 Å². The molecule has 0 radical (unpaired) electrons. The lowest BCUT2D eigenvalue weighted by Crippen LogP contribution is -2.00. The van der Waals surface area contributed by atoms with Gasteiger partial charge >= 0.3 is 0 Å². The number of aromatic nitrogens is 4. The Labute approximate surface area is 278 Å². The number of hydrogen-bond acceptors (Lipinski definition) is 4. The van der Waals surface area contributed by atoms with Crippen molar-refractivity contribution in [3.63, 3.8) is 0 Å². The van der Waals surface area contributed by atoms with Crippen molar-refractivity contribution in [3.8, 4) is 56.5 Å². The molecule has 0 N–H and O–H groups in total. The van der Waals surface area contributed by atoms with E-state index in [1.807, 2.05) is 66.9 Å². The summed E-state index contributed by atoms with van der Waals surface area (Å²) in [5.74, 6) is 1.87. The number of pyridine rings is 1. The van der Waals surface area contributed by atoms with Crippen molar-refractivity contribution in [2.75, 3.05) is 0 Å². The van der Waals surface area contributed by atoms with Gasteiger partial charge in [-0.1, -0.05) is 133 Å². The van der Waals surface area contributed by atoms with Crippen LogP contribution in [0.3, 0.4) is 0 Å². The van der Waals surface area contributed by atoms with Gasteiger partial charge in [-0.3, -0.25) is 4.98 Å². The average Bonchev–Trinajstić information content (AvgIpc) is 3.17. The van der Waals surface area contributed by atoms with Crippen molar-refractivity contribution < 1.29 is 0 Å². The largest absolute Gasteiger partial charge is 0.256 e. The predicted molar refractivity (Wildman–Crippen MR) is 197 cm³/mol. The van der Waals surface area contributed by atoms with E-state index >= 15 is 0 Å². The van der Waals surface area contributed by atoms with E-state index in [9.17, 15) is 0 Å². The second-order valence-electron chi connectivity index (χ2n) is 11.9. The molecule has 224 valence electrons. The normalized spacial score (nSPS) is 11.3. The average molecular weight is 613 g/mol. The van der Waals surface area contributed by atoms with E-state index in [-0.39, 0.29) is 0 Å². The fourth-order valence-corrected chi connectivity index (χ4v) is 6.63. The van der Waals surface area contributed by atoms with Crippen LogP contribution in [-0.4, -0.2) is 19.9 Å². The molecule has 48 heavy (non-hydrogen) atoms. The molecule has 0 fully saturated rings. The van der Waals surface area contributed by atoms with Crippen LogP contribution in [0.5, 0.6) is 0 Å². The van der Waals surface area contributed by atoms with Gasteiger partial charge in [0.1, 0.15) is 0 Å². The topological polar surface area (TPSA) is 51.6 Å². The summed E-state index contributed by atoms with van der Waals surface area (Å²) in [5.41, 5.74) is 6.90. The molecule has 2 heterocycles. The lowest BCUT2D eigenvalue weighted by Gasteiger charge is -2.15. The highest BCUT2D eigenvalue weighted by molar-refractivity contribution is 6.14. The van der Waals surface area contributed by atoms with Crippen molar-refractivity contribution in [2.45, 2.75) is 0 Å². The molecule has 9 aromatic rings. The van der Waals surface area contributed by atoms with Gasteiger partial charge in [0, 0.05) is 33.8 Å². The number of rotatable bonds is 5. The minimum Gasteiger partial charge on any atom is -0.256 e. The molecule has 0 atom stereocenters. The van der Waals surface area contributed by atoms with Gasteiger partial charge < -0.3 is 0 Å². The third-order valence-corrected chi connectivity index (χ3v) is 8.92. The van der Waals surface area contributed by atoms with E-state index in [1.165, 1.54) is 21.5 Å². The smallest absolute Gasteiger partial charge is 0.164 e. The predicted octanol–water partition coefficient (Wildman–Crippen LogP) is 11.1. The molecule has 0 unspecified atom stereocenters. The van der Waals surface area contributed by atoms with Crippen LogP contribution in [0.25, 0.3) is 88.9 Å². The standard InChI is InChI=1S/C44H28N4/c1-3-14-30(15-4-1)42-46-43(31-16-5-2-6-17-31)48-44(47-42)35-26-33(25-34(27-35)41-37-20-10-7-13-29(37)23-24-45-41)40-28-32-18-8-9-19-36(32)38-21-11-12-22-39(38)40/h1-28H. The monoisotopic (exact) mass is 612 g/mol. The van der Waals surface area contributed by atoms with Crippen LogP contribution in [0.2, 0.25) is 0 Å². The van der Waals surface area contributed by atoms with E-state index < -0.39 is 0 Å². The Morgan fingerprint density at radius 3 is 1.50 bits per heavy atom. The van der Waals surface area contributed by atoms with E-state index in [2.05, 4.69) is 103 Å². The van der Waals surface area contributed by atoms with Crippen LogP contribution in [0, 0.1) is 0 Å². The van der Waals surface area contributed by atoms with Crippen LogP contribution in [0.15, 0.2) is 170 Å². The molecule has 4 nitrogen and oxygen atoms in total. The molecule has 0 bridgehead atoms. The molecule has 0 spiro atoms. The highest BCUT2D eigenvalue weighted by Gasteiger charge is 2.17. The molecule has 0 aliphatic heterocycles. The Bertz CT molecular complexity index is 2550. The number of fused-ring (bicyclic) bond motifs is 4. The molecule has 0 saturated carbocycles. The van der Waals surface area contributed by atoms with Gasteiger partial charge in [-0.05, 0) is 68.4 Å². The van der Waals surface area contributed by atoms with Crippen LogP contribution < -0.4 is 0 Å². The van der Waals surface area contributed by atoms with Gasteiger partial charge in [-0.15, -0.1) is 0 Å². The van der Waals surface area contributed by atoms with Crippen LogP contribution >= 0.6 is 0 Å². The summed E-state index contributed by atoms with van der Waals surface area (Å²) < 4.78 is 0. The SMILES string of the molecule is c1ccc(-c2nc(-c3ccccc3)nc(-c3cc(-c4nccc5ccccc45)cc(-c4cc5ccccc5c5ccccc45)c3)n2)cc1. The van der Waals surface area contributed by atoms with Crippen molar-refractivity contribution in [2.24, 2.45) is 0 Å². The zero-order valence-corrected chi connectivity index (χ0v) is 26.0. The Kier molecular flexibility index (Phi) is 6.76. The summed E-state index contributed by atoms with van der Waals surface area (Å²) in [4.78, 5) is 20.1. The second-order valence-corrected chi connectivity index (χ2v) is 11.9. The lowest BCUT2D eigenvalue weighted by atomic mass is 9.90. The Morgan fingerprint density at radius 1 is 0.312 bits per heavy atom. The minimum atomic E-state index is 0.608. The molecule has 0 aliphatic rings. The molecular weight excluding hydrogens is 585 g/mol. The molecule has 0 amide bonds. The first-order valence-electron chi connectivity index (χ1n) is 16.1. The van der Waals surface area contributed by atoms with Gasteiger partial charge in [0.2, 0.25) is 0 Å². The summed E-state index contributed by atoms with van der Waals surface area (Å²) in [6, 6.07) is 56.8. The first kappa shape index (κ1) is 27.8. The quantitative estimate of drug-likeness (QED) is 0.181. The summed E-state index contributed by atoms with van der Waals surface area (Å²) in [5, 5.41) is 7.08. The van der Waals surface area contributed by atoms with Crippen LogP contribution in [0.4, 0.5) is 0 Å². The molecule has 2 aromatic heterocycles. The molecule has 0 aliphatic carbocycles. The van der Waals surface area contributed by atoms with E-state index in [1.54, 1.807) is 0 Å². The molecule has 7 aromatic carbocycles. The highest BCUT2D eigenvalue weighted by atomic mass is 15.0. The van der Waals surface area contributed by atoms with Crippen molar-refractivity contribution in [3.05, 3.63) is 170 Å². The van der Waals surface area contributed by atoms with Gasteiger partial charge in [0.25, 0.3) is 0 Å². The maximum atomic E-state index is 5.10. The molecule has 4 heteroatoms. The number of benzene rings is 7. The lowest BCUT2D eigenvalue weighted by molar-refractivity contribution is 1.07. The summed E-state index contributed by atoms with van der Waals surface area (Å²) in [6.45, 7) is 0. The second kappa shape index (κ2) is 11.7. The molecule has 9 rings (SSSR count). The zero-order chi connectivity index (χ0) is 31.9. The Morgan fingerprint density at radius 2 is 0.812 bits per heavy atom. The van der Waals surface area contributed by atoms with Crippen LogP contribution in [0.1, 0.15) is 0 Å². The minimum absolute atomic E-state index is 0.608. The fraction of sp³-hybridized carbons (Fsp3) is 0. The first-order chi connectivity index (χ1) is 23.8.